The first-order chi connectivity index (χ1) is 10.1. The summed E-state index contributed by atoms with van der Waals surface area (Å²) in [6.45, 7) is 3.69. The molecule has 0 aliphatic heterocycles. The van der Waals surface area contributed by atoms with Gasteiger partial charge in [0.1, 0.15) is 11.5 Å². The van der Waals surface area contributed by atoms with E-state index in [1.54, 1.807) is 19.6 Å². The first-order valence-corrected chi connectivity index (χ1v) is 7.04. The Kier molecular flexibility index (Phi) is 5.03. The summed E-state index contributed by atoms with van der Waals surface area (Å²) in [4.78, 5) is 2.13. The molecule has 1 atom stereocenters. The van der Waals surface area contributed by atoms with Crippen LogP contribution in [0.1, 0.15) is 23.1 Å². The van der Waals surface area contributed by atoms with E-state index in [1.807, 2.05) is 24.7 Å². The summed E-state index contributed by atoms with van der Waals surface area (Å²) in [7, 11) is 7.71. The summed E-state index contributed by atoms with van der Waals surface area (Å²) >= 11 is 0. The Labute approximate surface area is 125 Å². The van der Waals surface area contributed by atoms with Gasteiger partial charge in [-0.25, -0.2) is 0 Å². The Balaban J connectivity index is 2.39. The molecule has 2 rings (SSSR count). The van der Waals surface area contributed by atoms with Crippen LogP contribution in [-0.2, 0) is 6.54 Å². The van der Waals surface area contributed by atoms with E-state index in [4.69, 9.17) is 9.15 Å². The summed E-state index contributed by atoms with van der Waals surface area (Å²) < 4.78 is 12.9. The van der Waals surface area contributed by atoms with Crippen LogP contribution in [-0.4, -0.2) is 49.5 Å². The van der Waals surface area contributed by atoms with Gasteiger partial charge in [0, 0.05) is 12.1 Å². The second-order valence-electron chi connectivity index (χ2n) is 5.28. The lowest BCUT2D eigenvalue weighted by molar-refractivity contribution is 0.360. The second kappa shape index (κ2) is 6.78. The molecule has 0 aliphatic carbocycles. The summed E-state index contributed by atoms with van der Waals surface area (Å²) in [6.07, 6.45) is 3.48. The van der Waals surface area contributed by atoms with Crippen LogP contribution in [0.2, 0.25) is 0 Å². The van der Waals surface area contributed by atoms with Gasteiger partial charge in [-0.1, -0.05) is 0 Å². The number of hydrogen-bond donors (Lipinski definition) is 1. The summed E-state index contributed by atoms with van der Waals surface area (Å²) in [6, 6.07) is 1.97. The zero-order chi connectivity index (χ0) is 15.4. The van der Waals surface area contributed by atoms with Crippen LogP contribution in [0.3, 0.4) is 0 Å². The highest BCUT2D eigenvalue weighted by Gasteiger charge is 2.24. The fourth-order valence-corrected chi connectivity index (χ4v) is 2.43. The molecule has 0 saturated heterocycles. The van der Waals surface area contributed by atoms with Gasteiger partial charge >= 0.3 is 0 Å². The van der Waals surface area contributed by atoms with Crippen molar-refractivity contribution in [3.05, 3.63) is 35.5 Å². The third kappa shape index (κ3) is 3.28. The van der Waals surface area contributed by atoms with Crippen LogP contribution in [0.15, 0.2) is 22.9 Å². The molecule has 2 aromatic rings. The molecule has 0 amide bonds. The number of furan rings is 1. The van der Waals surface area contributed by atoms with E-state index in [0.29, 0.717) is 0 Å². The van der Waals surface area contributed by atoms with Crippen molar-refractivity contribution in [2.45, 2.75) is 19.5 Å². The molecule has 0 bridgehead atoms. The molecule has 2 heterocycles. The Morgan fingerprint density at radius 3 is 2.76 bits per heavy atom. The standard InChI is InChI=1S/C15H24N4O2/c1-11-12(6-9-21-11)14(16-2)15-13(20-5)10-17-19(15)8-7-18(3)4/h6,9-10,14,16H,7-8H2,1-5H3. The van der Waals surface area contributed by atoms with E-state index in [-0.39, 0.29) is 6.04 Å². The minimum atomic E-state index is -0.0108. The smallest absolute Gasteiger partial charge is 0.161 e. The summed E-state index contributed by atoms with van der Waals surface area (Å²) in [5.41, 5.74) is 2.12. The molecule has 6 heteroatoms. The maximum Gasteiger partial charge on any atom is 0.161 e. The highest BCUT2D eigenvalue weighted by Crippen LogP contribution is 2.31. The van der Waals surface area contributed by atoms with Crippen LogP contribution in [0, 0.1) is 6.92 Å². The Morgan fingerprint density at radius 2 is 2.24 bits per heavy atom. The molecule has 0 radical (unpaired) electrons. The number of aryl methyl sites for hydroxylation is 1. The van der Waals surface area contributed by atoms with Crippen molar-refractivity contribution in [2.24, 2.45) is 0 Å². The predicted octanol–water partition coefficient (Wildman–Crippen LogP) is 1.66. The summed E-state index contributed by atoms with van der Waals surface area (Å²) in [5, 5.41) is 7.80. The Morgan fingerprint density at radius 1 is 1.48 bits per heavy atom. The highest BCUT2D eigenvalue weighted by atomic mass is 16.5. The third-order valence-electron chi connectivity index (χ3n) is 3.60. The molecule has 0 aromatic carbocycles. The Bertz CT molecular complexity index is 574. The number of nitrogens with zero attached hydrogens (tertiary/aromatic N) is 3. The minimum Gasteiger partial charge on any atom is -0.493 e. The molecule has 0 aliphatic rings. The van der Waals surface area contributed by atoms with E-state index in [0.717, 1.165) is 35.9 Å². The van der Waals surface area contributed by atoms with Crippen molar-refractivity contribution >= 4 is 0 Å². The monoisotopic (exact) mass is 292 g/mol. The van der Waals surface area contributed by atoms with Gasteiger partial charge in [-0.3, -0.25) is 4.68 Å². The summed E-state index contributed by atoms with van der Waals surface area (Å²) in [5.74, 6) is 1.69. The fraction of sp³-hybridized carbons (Fsp3) is 0.533. The number of likely N-dealkylation sites (N-methyl/N-ethyl adjacent to an activating group) is 1. The largest absolute Gasteiger partial charge is 0.493 e. The van der Waals surface area contributed by atoms with Crippen LogP contribution in [0.4, 0.5) is 0 Å². The van der Waals surface area contributed by atoms with Gasteiger partial charge in [-0.2, -0.15) is 5.10 Å². The van der Waals surface area contributed by atoms with Gasteiger partial charge in [0.05, 0.1) is 32.2 Å². The second-order valence-corrected chi connectivity index (χ2v) is 5.28. The molecule has 1 unspecified atom stereocenters. The molecule has 2 aromatic heterocycles. The van der Waals surface area contributed by atoms with Crippen molar-refractivity contribution in [3.63, 3.8) is 0 Å². The first-order valence-electron chi connectivity index (χ1n) is 7.04. The van der Waals surface area contributed by atoms with Crippen LogP contribution >= 0.6 is 0 Å². The van der Waals surface area contributed by atoms with E-state index in [1.165, 1.54) is 0 Å². The topological polar surface area (TPSA) is 55.5 Å². The molecular weight excluding hydrogens is 268 g/mol. The maximum atomic E-state index is 5.49. The third-order valence-corrected chi connectivity index (χ3v) is 3.60. The van der Waals surface area contributed by atoms with Gasteiger partial charge in [0.25, 0.3) is 0 Å². The number of hydrogen-bond acceptors (Lipinski definition) is 5. The number of nitrogens with one attached hydrogen (secondary N) is 1. The van der Waals surface area contributed by atoms with Crippen LogP contribution in [0.5, 0.6) is 5.75 Å². The molecule has 0 spiro atoms. The van der Waals surface area contributed by atoms with Crippen molar-refractivity contribution in [1.29, 1.82) is 0 Å². The van der Waals surface area contributed by atoms with Gasteiger partial charge in [-0.05, 0) is 34.1 Å². The minimum absolute atomic E-state index is 0.0108. The van der Waals surface area contributed by atoms with E-state index in [2.05, 4.69) is 29.4 Å². The average molecular weight is 292 g/mol. The van der Waals surface area contributed by atoms with Gasteiger partial charge < -0.3 is 19.4 Å². The molecule has 21 heavy (non-hydrogen) atoms. The number of rotatable bonds is 7. The van der Waals surface area contributed by atoms with Gasteiger partial charge in [-0.15, -0.1) is 0 Å². The molecule has 1 N–H and O–H groups in total. The van der Waals surface area contributed by atoms with Crippen molar-refractivity contribution < 1.29 is 9.15 Å². The van der Waals surface area contributed by atoms with Crippen molar-refractivity contribution in [1.82, 2.24) is 20.0 Å². The molecule has 6 nitrogen and oxygen atoms in total. The first kappa shape index (κ1) is 15.6. The van der Waals surface area contributed by atoms with Crippen molar-refractivity contribution in [3.8, 4) is 5.75 Å². The molecule has 116 valence electrons. The predicted molar refractivity (Wildman–Crippen MR) is 81.7 cm³/mol. The fourth-order valence-electron chi connectivity index (χ4n) is 2.43. The lowest BCUT2D eigenvalue weighted by Gasteiger charge is -2.20. The molecule has 0 saturated carbocycles. The van der Waals surface area contributed by atoms with E-state index in [9.17, 15) is 0 Å². The molecule has 0 fully saturated rings. The van der Waals surface area contributed by atoms with Crippen LogP contribution in [0.25, 0.3) is 0 Å². The zero-order valence-electron chi connectivity index (χ0n) is 13.4. The van der Waals surface area contributed by atoms with Crippen LogP contribution < -0.4 is 10.1 Å². The quantitative estimate of drug-likeness (QED) is 0.841. The van der Waals surface area contributed by atoms with Gasteiger partial charge in [0.15, 0.2) is 5.75 Å². The zero-order valence-corrected chi connectivity index (χ0v) is 13.4. The van der Waals surface area contributed by atoms with Crippen molar-refractivity contribution in [2.75, 3.05) is 34.8 Å². The SMILES string of the molecule is CNC(c1ccoc1C)c1c(OC)cnn1CCN(C)C. The number of ether oxygens (including phenoxy) is 1. The average Bonchev–Trinajstić information content (AvgIpc) is 3.05. The number of aromatic nitrogens is 2. The lowest BCUT2D eigenvalue weighted by atomic mass is 10.0. The Hall–Kier alpha value is -1.79. The highest BCUT2D eigenvalue weighted by molar-refractivity contribution is 5.37. The van der Waals surface area contributed by atoms with E-state index < -0.39 is 0 Å². The lowest BCUT2D eigenvalue weighted by Crippen LogP contribution is -2.25. The molecular formula is C15H24N4O2. The normalized spacial score (nSPS) is 12.9. The number of methoxy groups -OCH3 is 1. The maximum absolute atomic E-state index is 5.49. The van der Waals surface area contributed by atoms with Gasteiger partial charge in [0.2, 0.25) is 0 Å². The van der Waals surface area contributed by atoms with E-state index >= 15 is 0 Å².